The van der Waals surface area contributed by atoms with E-state index in [0.29, 0.717) is 19.8 Å². The molecule has 3 nitrogen and oxygen atoms in total. The number of rotatable bonds is 6. The summed E-state index contributed by atoms with van der Waals surface area (Å²) in [7, 11) is 0. The first-order chi connectivity index (χ1) is 8.36. The Hall–Kier alpha value is -1.34. The molecule has 0 amide bonds. The summed E-state index contributed by atoms with van der Waals surface area (Å²) < 4.78 is 10.6. The predicted molar refractivity (Wildman–Crippen MR) is 66.6 cm³/mol. The Bertz CT molecular complexity index is 359. The van der Waals surface area contributed by atoms with Crippen molar-refractivity contribution in [2.24, 2.45) is 0 Å². The molecule has 1 rings (SSSR count). The summed E-state index contributed by atoms with van der Waals surface area (Å²) in [5.41, 5.74) is 2.01. The van der Waals surface area contributed by atoms with Crippen molar-refractivity contribution in [1.82, 2.24) is 0 Å². The molecule has 0 fully saturated rings. The average Bonchev–Trinajstić information content (AvgIpc) is 2.37. The minimum Gasteiger partial charge on any atom is -0.384 e. The highest BCUT2D eigenvalue weighted by atomic mass is 16.5. The fourth-order valence-electron chi connectivity index (χ4n) is 1.28. The Labute approximate surface area is 102 Å². The van der Waals surface area contributed by atoms with E-state index in [9.17, 15) is 0 Å². The van der Waals surface area contributed by atoms with Crippen molar-refractivity contribution in [2.75, 3.05) is 26.4 Å². The zero-order valence-electron chi connectivity index (χ0n) is 10.1. The van der Waals surface area contributed by atoms with Gasteiger partial charge in [-0.25, -0.2) is 0 Å². The normalized spacial score (nSPS) is 9.76. The van der Waals surface area contributed by atoms with Crippen LogP contribution < -0.4 is 0 Å². The molecule has 0 heterocycles. The van der Waals surface area contributed by atoms with Crippen molar-refractivity contribution in [2.45, 2.75) is 13.5 Å². The number of hydrogen-bond donors (Lipinski definition) is 1. The maximum Gasteiger partial charge on any atom is 0.104 e. The van der Waals surface area contributed by atoms with E-state index < -0.39 is 0 Å². The van der Waals surface area contributed by atoms with Crippen LogP contribution in [0.2, 0.25) is 0 Å². The molecule has 0 saturated carbocycles. The Balaban J connectivity index is 2.30. The molecule has 0 saturated heterocycles. The maximum atomic E-state index is 8.56. The molecule has 0 aliphatic rings. The van der Waals surface area contributed by atoms with Gasteiger partial charge < -0.3 is 14.6 Å². The molecule has 3 heteroatoms. The summed E-state index contributed by atoms with van der Waals surface area (Å²) >= 11 is 0. The van der Waals surface area contributed by atoms with Crippen molar-refractivity contribution in [1.29, 1.82) is 0 Å². The van der Waals surface area contributed by atoms with E-state index in [-0.39, 0.29) is 6.61 Å². The summed E-state index contributed by atoms with van der Waals surface area (Å²) in [6.07, 6.45) is 0. The first-order valence-electron chi connectivity index (χ1n) is 5.71. The van der Waals surface area contributed by atoms with Crippen LogP contribution in [-0.4, -0.2) is 31.5 Å². The number of ether oxygens (including phenoxy) is 2. The summed E-state index contributed by atoms with van der Waals surface area (Å²) in [4.78, 5) is 0. The van der Waals surface area contributed by atoms with Gasteiger partial charge in [-0.15, -0.1) is 0 Å². The van der Waals surface area contributed by atoms with Crippen LogP contribution in [-0.2, 0) is 16.1 Å². The zero-order chi connectivity index (χ0) is 12.3. The molecule has 0 aliphatic carbocycles. The minimum atomic E-state index is -0.109. The molecule has 92 valence electrons. The molecule has 17 heavy (non-hydrogen) atoms. The van der Waals surface area contributed by atoms with E-state index in [1.807, 2.05) is 31.2 Å². The zero-order valence-corrected chi connectivity index (χ0v) is 10.1. The van der Waals surface area contributed by atoms with Gasteiger partial charge in [0.2, 0.25) is 0 Å². The van der Waals surface area contributed by atoms with Gasteiger partial charge in [-0.05, 0) is 24.6 Å². The third-order valence-corrected chi connectivity index (χ3v) is 2.11. The highest BCUT2D eigenvalue weighted by Gasteiger charge is 1.93. The highest BCUT2D eigenvalue weighted by Crippen LogP contribution is 2.04. The first-order valence-corrected chi connectivity index (χ1v) is 5.71. The topological polar surface area (TPSA) is 38.7 Å². The molecule has 0 unspecified atom stereocenters. The third-order valence-electron chi connectivity index (χ3n) is 2.11. The predicted octanol–water partition coefficient (Wildman–Crippen LogP) is 1.58. The number of benzene rings is 1. The van der Waals surface area contributed by atoms with Crippen molar-refractivity contribution in [3.8, 4) is 11.8 Å². The van der Waals surface area contributed by atoms with Crippen LogP contribution >= 0.6 is 0 Å². The van der Waals surface area contributed by atoms with Crippen LogP contribution in [0, 0.1) is 11.8 Å². The van der Waals surface area contributed by atoms with E-state index in [1.165, 1.54) is 0 Å². The molecule has 1 N–H and O–H groups in total. The molecule has 1 aromatic rings. The molecule has 0 aromatic heterocycles. The highest BCUT2D eigenvalue weighted by molar-refractivity contribution is 5.35. The molecule has 1 aromatic carbocycles. The van der Waals surface area contributed by atoms with Crippen LogP contribution in [0.5, 0.6) is 0 Å². The largest absolute Gasteiger partial charge is 0.384 e. The molecule has 0 radical (unpaired) electrons. The SMILES string of the molecule is CCOCCOCc1ccc(C#CCO)cc1. The van der Waals surface area contributed by atoms with Gasteiger partial charge >= 0.3 is 0 Å². The van der Waals surface area contributed by atoms with Crippen LogP contribution in [0.25, 0.3) is 0 Å². The van der Waals surface area contributed by atoms with Crippen LogP contribution in [0.4, 0.5) is 0 Å². The van der Waals surface area contributed by atoms with Crippen LogP contribution in [0.1, 0.15) is 18.1 Å². The van der Waals surface area contributed by atoms with E-state index in [4.69, 9.17) is 14.6 Å². The Kier molecular flexibility index (Phi) is 7.08. The minimum absolute atomic E-state index is 0.109. The Morgan fingerprint density at radius 2 is 1.82 bits per heavy atom. The fraction of sp³-hybridized carbons (Fsp3) is 0.429. The maximum absolute atomic E-state index is 8.56. The third kappa shape index (κ3) is 6.08. The second-order valence-corrected chi connectivity index (χ2v) is 3.41. The van der Waals surface area contributed by atoms with E-state index in [2.05, 4.69) is 11.8 Å². The summed E-state index contributed by atoms with van der Waals surface area (Å²) in [5.74, 6) is 5.45. The van der Waals surface area contributed by atoms with Gasteiger partial charge in [0.1, 0.15) is 6.61 Å². The monoisotopic (exact) mass is 234 g/mol. The second-order valence-electron chi connectivity index (χ2n) is 3.41. The van der Waals surface area contributed by atoms with Gasteiger partial charge in [0.05, 0.1) is 19.8 Å². The van der Waals surface area contributed by atoms with Gasteiger partial charge in [0.15, 0.2) is 0 Å². The van der Waals surface area contributed by atoms with Crippen molar-refractivity contribution >= 4 is 0 Å². The lowest BCUT2D eigenvalue weighted by atomic mass is 10.1. The van der Waals surface area contributed by atoms with Crippen molar-refractivity contribution in [3.63, 3.8) is 0 Å². The lowest BCUT2D eigenvalue weighted by Crippen LogP contribution is -2.03. The quantitative estimate of drug-likeness (QED) is 0.600. The second kappa shape index (κ2) is 8.77. The van der Waals surface area contributed by atoms with Crippen LogP contribution in [0.3, 0.4) is 0 Å². The average molecular weight is 234 g/mol. The van der Waals surface area contributed by atoms with Gasteiger partial charge in [-0.3, -0.25) is 0 Å². The molecular weight excluding hydrogens is 216 g/mol. The molecule has 0 spiro atoms. The standard InChI is InChI=1S/C14H18O3/c1-2-16-10-11-17-12-14-7-5-13(6-8-14)4-3-9-15/h5-8,15H,2,9-12H2,1H3. The van der Waals surface area contributed by atoms with Crippen molar-refractivity contribution in [3.05, 3.63) is 35.4 Å². The van der Waals surface area contributed by atoms with Gasteiger partial charge in [0, 0.05) is 12.2 Å². The van der Waals surface area contributed by atoms with Gasteiger partial charge in [0.25, 0.3) is 0 Å². The summed E-state index contributed by atoms with van der Waals surface area (Å²) in [5, 5.41) is 8.56. The lowest BCUT2D eigenvalue weighted by molar-refractivity contribution is 0.0453. The molecule has 0 aliphatic heterocycles. The van der Waals surface area contributed by atoms with Gasteiger partial charge in [-0.2, -0.15) is 0 Å². The lowest BCUT2D eigenvalue weighted by Gasteiger charge is -2.04. The molecule has 0 atom stereocenters. The molecular formula is C14H18O3. The Morgan fingerprint density at radius 1 is 1.12 bits per heavy atom. The summed E-state index contributed by atoms with van der Waals surface area (Å²) in [6, 6.07) is 7.79. The van der Waals surface area contributed by atoms with Crippen molar-refractivity contribution < 1.29 is 14.6 Å². The summed E-state index contributed by atoms with van der Waals surface area (Å²) in [6.45, 7) is 4.41. The van der Waals surface area contributed by atoms with E-state index in [1.54, 1.807) is 0 Å². The number of aliphatic hydroxyl groups is 1. The van der Waals surface area contributed by atoms with Crippen LogP contribution in [0.15, 0.2) is 24.3 Å². The first kappa shape index (κ1) is 13.7. The van der Waals surface area contributed by atoms with E-state index in [0.717, 1.165) is 17.7 Å². The van der Waals surface area contributed by atoms with E-state index >= 15 is 0 Å². The molecule has 0 bridgehead atoms. The fourth-order valence-corrected chi connectivity index (χ4v) is 1.28. The Morgan fingerprint density at radius 3 is 2.47 bits per heavy atom. The van der Waals surface area contributed by atoms with Gasteiger partial charge in [-0.1, -0.05) is 24.0 Å². The smallest absolute Gasteiger partial charge is 0.104 e. The number of aliphatic hydroxyl groups excluding tert-OH is 1. The number of hydrogen-bond acceptors (Lipinski definition) is 3.